The Morgan fingerprint density at radius 2 is 2.10 bits per heavy atom. The Morgan fingerprint density at radius 3 is 2.85 bits per heavy atom. The van der Waals surface area contributed by atoms with Gasteiger partial charge in [0.2, 0.25) is 0 Å². The van der Waals surface area contributed by atoms with Gasteiger partial charge in [0, 0.05) is 24.1 Å². The van der Waals surface area contributed by atoms with Gasteiger partial charge in [0.25, 0.3) is 0 Å². The summed E-state index contributed by atoms with van der Waals surface area (Å²) in [5.41, 5.74) is 1.64. The van der Waals surface area contributed by atoms with Crippen LogP contribution in [0.3, 0.4) is 0 Å². The number of rotatable bonds is 4. The van der Waals surface area contributed by atoms with E-state index in [2.05, 4.69) is 14.9 Å². The predicted molar refractivity (Wildman–Crippen MR) is 77.8 cm³/mol. The van der Waals surface area contributed by atoms with E-state index in [9.17, 15) is 4.79 Å². The highest BCUT2D eigenvalue weighted by Gasteiger charge is 2.20. The maximum atomic E-state index is 12.5. The van der Waals surface area contributed by atoms with Crippen LogP contribution in [0.25, 0.3) is 0 Å². The number of aromatic nitrogens is 2. The van der Waals surface area contributed by atoms with Gasteiger partial charge in [-0.15, -0.1) is 0 Å². The van der Waals surface area contributed by atoms with Crippen LogP contribution in [-0.2, 0) is 6.42 Å². The number of piperidine rings is 1. The summed E-state index contributed by atoms with van der Waals surface area (Å²) in [5, 5.41) is 3.36. The SMILES string of the molecule is O=C(Cc1ccccn1)c1cccn1C1CCNCC1. The molecular formula is C16H19N3O. The Labute approximate surface area is 118 Å². The molecule has 2 aromatic heterocycles. The van der Waals surface area contributed by atoms with Gasteiger partial charge in [-0.2, -0.15) is 0 Å². The Hall–Kier alpha value is -1.94. The van der Waals surface area contributed by atoms with Crippen LogP contribution in [0.15, 0.2) is 42.7 Å². The lowest BCUT2D eigenvalue weighted by Crippen LogP contribution is -2.30. The summed E-state index contributed by atoms with van der Waals surface area (Å²) in [6.07, 6.45) is 6.29. The Kier molecular flexibility index (Phi) is 3.92. The van der Waals surface area contributed by atoms with Gasteiger partial charge in [-0.25, -0.2) is 0 Å². The molecule has 0 saturated carbocycles. The van der Waals surface area contributed by atoms with Crippen LogP contribution >= 0.6 is 0 Å². The average Bonchev–Trinajstić information content (AvgIpc) is 2.99. The van der Waals surface area contributed by atoms with E-state index in [1.165, 1.54) is 0 Å². The second kappa shape index (κ2) is 6.01. The van der Waals surface area contributed by atoms with Crippen molar-refractivity contribution in [3.8, 4) is 0 Å². The molecule has 2 aromatic rings. The van der Waals surface area contributed by atoms with E-state index in [1.54, 1.807) is 6.20 Å². The molecule has 0 bridgehead atoms. The molecule has 0 radical (unpaired) electrons. The summed E-state index contributed by atoms with van der Waals surface area (Å²) < 4.78 is 2.14. The molecule has 0 spiro atoms. The summed E-state index contributed by atoms with van der Waals surface area (Å²) in [6, 6.07) is 10.0. The summed E-state index contributed by atoms with van der Waals surface area (Å²) in [4.78, 5) is 16.7. The zero-order valence-electron chi connectivity index (χ0n) is 11.5. The molecule has 1 fully saturated rings. The van der Waals surface area contributed by atoms with E-state index in [0.29, 0.717) is 12.5 Å². The molecule has 3 rings (SSSR count). The lowest BCUT2D eigenvalue weighted by molar-refractivity contribution is 0.0979. The molecule has 0 unspecified atom stereocenters. The molecular weight excluding hydrogens is 250 g/mol. The first-order valence-corrected chi connectivity index (χ1v) is 7.15. The second-order valence-corrected chi connectivity index (χ2v) is 5.20. The van der Waals surface area contributed by atoms with E-state index >= 15 is 0 Å². The minimum atomic E-state index is 0.146. The first-order valence-electron chi connectivity index (χ1n) is 7.15. The number of carbonyl (C=O) groups is 1. The molecule has 4 heteroatoms. The summed E-state index contributed by atoms with van der Waals surface area (Å²) >= 11 is 0. The van der Waals surface area contributed by atoms with E-state index in [1.807, 2.05) is 36.5 Å². The molecule has 1 saturated heterocycles. The molecule has 1 aliphatic rings. The van der Waals surface area contributed by atoms with Crippen molar-refractivity contribution < 1.29 is 4.79 Å². The average molecular weight is 269 g/mol. The zero-order valence-corrected chi connectivity index (χ0v) is 11.5. The minimum absolute atomic E-state index is 0.146. The number of hydrogen-bond acceptors (Lipinski definition) is 3. The van der Waals surface area contributed by atoms with Crippen molar-refractivity contribution in [2.24, 2.45) is 0 Å². The van der Waals surface area contributed by atoms with Gasteiger partial charge in [0.05, 0.1) is 12.1 Å². The first-order chi connectivity index (χ1) is 9.84. The third-order valence-electron chi connectivity index (χ3n) is 3.83. The first kappa shape index (κ1) is 13.1. The third kappa shape index (κ3) is 2.80. The van der Waals surface area contributed by atoms with Gasteiger partial charge >= 0.3 is 0 Å². The van der Waals surface area contributed by atoms with Gasteiger partial charge in [0.1, 0.15) is 0 Å². The number of Topliss-reactive ketones (excluding diaryl/α,β-unsaturated/α-hetero) is 1. The highest BCUT2D eigenvalue weighted by molar-refractivity contribution is 5.96. The fourth-order valence-electron chi connectivity index (χ4n) is 2.79. The smallest absolute Gasteiger partial charge is 0.185 e. The van der Waals surface area contributed by atoms with Crippen LogP contribution in [0.2, 0.25) is 0 Å². The maximum Gasteiger partial charge on any atom is 0.185 e. The Balaban J connectivity index is 1.77. The van der Waals surface area contributed by atoms with Gasteiger partial charge < -0.3 is 9.88 Å². The van der Waals surface area contributed by atoms with Gasteiger partial charge in [0.15, 0.2) is 5.78 Å². The molecule has 104 valence electrons. The fraction of sp³-hybridized carbons (Fsp3) is 0.375. The quantitative estimate of drug-likeness (QED) is 0.866. The molecule has 3 heterocycles. The van der Waals surface area contributed by atoms with E-state index in [0.717, 1.165) is 37.3 Å². The second-order valence-electron chi connectivity index (χ2n) is 5.20. The summed E-state index contributed by atoms with van der Waals surface area (Å²) in [7, 11) is 0. The van der Waals surface area contributed by atoms with Crippen LogP contribution in [0.1, 0.15) is 35.1 Å². The predicted octanol–water partition coefficient (Wildman–Crippen LogP) is 2.23. The molecule has 0 atom stereocenters. The van der Waals surface area contributed by atoms with Gasteiger partial charge in [-0.1, -0.05) is 6.07 Å². The van der Waals surface area contributed by atoms with Crippen LogP contribution < -0.4 is 5.32 Å². The van der Waals surface area contributed by atoms with Crippen molar-refractivity contribution in [3.63, 3.8) is 0 Å². The molecule has 0 aromatic carbocycles. The van der Waals surface area contributed by atoms with Crippen LogP contribution in [0.5, 0.6) is 0 Å². The maximum absolute atomic E-state index is 12.5. The Morgan fingerprint density at radius 1 is 1.25 bits per heavy atom. The number of hydrogen-bond donors (Lipinski definition) is 1. The minimum Gasteiger partial charge on any atom is -0.342 e. The highest BCUT2D eigenvalue weighted by atomic mass is 16.1. The van der Waals surface area contributed by atoms with E-state index in [-0.39, 0.29) is 5.78 Å². The Bertz CT molecular complexity index is 570. The van der Waals surface area contributed by atoms with Crippen molar-refractivity contribution in [2.75, 3.05) is 13.1 Å². The van der Waals surface area contributed by atoms with E-state index in [4.69, 9.17) is 0 Å². The standard InChI is InChI=1S/C16H19N3O/c20-16(12-13-4-1-2-8-18-13)15-5-3-11-19(15)14-6-9-17-10-7-14/h1-5,8,11,14,17H,6-7,9-10,12H2. The number of carbonyl (C=O) groups excluding carboxylic acids is 1. The molecule has 20 heavy (non-hydrogen) atoms. The van der Waals surface area contributed by atoms with Crippen LogP contribution in [-0.4, -0.2) is 28.4 Å². The third-order valence-corrected chi connectivity index (χ3v) is 3.83. The number of pyridine rings is 1. The lowest BCUT2D eigenvalue weighted by Gasteiger charge is -2.25. The normalized spacial score (nSPS) is 16.2. The van der Waals surface area contributed by atoms with Crippen LogP contribution in [0, 0.1) is 0 Å². The van der Waals surface area contributed by atoms with Crippen molar-refractivity contribution in [2.45, 2.75) is 25.3 Å². The monoisotopic (exact) mass is 269 g/mol. The fourth-order valence-corrected chi connectivity index (χ4v) is 2.79. The molecule has 0 aliphatic carbocycles. The van der Waals surface area contributed by atoms with Crippen molar-refractivity contribution in [3.05, 3.63) is 54.1 Å². The van der Waals surface area contributed by atoms with Crippen molar-refractivity contribution in [1.29, 1.82) is 0 Å². The summed E-state index contributed by atoms with van der Waals surface area (Å²) in [6.45, 7) is 2.05. The summed E-state index contributed by atoms with van der Waals surface area (Å²) in [5.74, 6) is 0.146. The topological polar surface area (TPSA) is 46.9 Å². The van der Waals surface area contributed by atoms with Crippen molar-refractivity contribution >= 4 is 5.78 Å². The lowest BCUT2D eigenvalue weighted by atomic mass is 10.1. The van der Waals surface area contributed by atoms with Gasteiger partial charge in [-0.05, 0) is 50.2 Å². The van der Waals surface area contributed by atoms with Crippen LogP contribution in [0.4, 0.5) is 0 Å². The molecule has 1 aliphatic heterocycles. The van der Waals surface area contributed by atoms with E-state index < -0.39 is 0 Å². The number of nitrogens with zero attached hydrogens (tertiary/aromatic N) is 2. The molecule has 0 amide bonds. The highest BCUT2D eigenvalue weighted by Crippen LogP contribution is 2.22. The zero-order chi connectivity index (χ0) is 13.8. The molecule has 4 nitrogen and oxygen atoms in total. The van der Waals surface area contributed by atoms with Gasteiger partial charge in [-0.3, -0.25) is 9.78 Å². The molecule has 1 N–H and O–H groups in total. The number of ketones is 1. The largest absolute Gasteiger partial charge is 0.342 e. The number of nitrogens with one attached hydrogen (secondary N) is 1. The van der Waals surface area contributed by atoms with Crippen molar-refractivity contribution in [1.82, 2.24) is 14.9 Å².